The first kappa shape index (κ1) is 13.9. The highest BCUT2D eigenvalue weighted by molar-refractivity contribution is 5.66. The molecule has 1 saturated heterocycles. The molecule has 1 heterocycles. The molecule has 0 aromatic heterocycles. The lowest BCUT2D eigenvalue weighted by atomic mass is 10.3. The quantitative estimate of drug-likeness (QED) is 0.612. The molecule has 17 heavy (non-hydrogen) atoms. The van der Waals surface area contributed by atoms with Crippen molar-refractivity contribution in [3.8, 4) is 6.07 Å². The van der Waals surface area contributed by atoms with Crippen molar-refractivity contribution in [2.45, 2.75) is 6.42 Å². The Hall–Kier alpha value is -1.16. The van der Waals surface area contributed by atoms with E-state index in [-0.39, 0.29) is 13.0 Å². The summed E-state index contributed by atoms with van der Waals surface area (Å²) in [5.41, 5.74) is 0. The van der Waals surface area contributed by atoms with Gasteiger partial charge >= 0.3 is 5.97 Å². The maximum atomic E-state index is 10.5. The summed E-state index contributed by atoms with van der Waals surface area (Å²) < 4.78 is 5.25. The Morgan fingerprint density at radius 2 is 2.12 bits per heavy atom. The second kappa shape index (κ2) is 8.01. The van der Waals surface area contributed by atoms with E-state index in [0.717, 1.165) is 39.4 Å². The Labute approximate surface area is 101 Å². The number of carbonyl (C=O) groups is 1. The van der Waals surface area contributed by atoms with Gasteiger partial charge in [0.25, 0.3) is 0 Å². The number of hydrogen-bond donors (Lipinski definition) is 1. The fraction of sp³-hybridized carbons (Fsp3) is 0.818. The summed E-state index contributed by atoms with van der Waals surface area (Å²) in [5, 5.41) is 17.3. The molecule has 0 atom stereocenters. The van der Waals surface area contributed by atoms with Crippen molar-refractivity contribution in [1.82, 2.24) is 9.80 Å². The summed E-state index contributed by atoms with van der Waals surface area (Å²) in [4.78, 5) is 14.6. The van der Waals surface area contributed by atoms with Gasteiger partial charge in [-0.1, -0.05) is 0 Å². The van der Waals surface area contributed by atoms with Gasteiger partial charge in [0, 0.05) is 32.7 Å². The third kappa shape index (κ3) is 6.22. The minimum Gasteiger partial charge on any atom is -0.481 e. The number of carboxylic acid groups (broad SMARTS) is 1. The molecule has 1 fully saturated rings. The smallest absolute Gasteiger partial charge is 0.304 e. The van der Waals surface area contributed by atoms with E-state index in [9.17, 15) is 4.79 Å². The maximum Gasteiger partial charge on any atom is 0.304 e. The van der Waals surface area contributed by atoms with Gasteiger partial charge in [-0.15, -0.1) is 0 Å². The van der Waals surface area contributed by atoms with Gasteiger partial charge in [-0.3, -0.25) is 14.6 Å². The van der Waals surface area contributed by atoms with Crippen LogP contribution in [-0.2, 0) is 9.53 Å². The number of hydrogen-bond acceptors (Lipinski definition) is 5. The summed E-state index contributed by atoms with van der Waals surface area (Å²) in [6.07, 6.45) is 0.0881. The van der Waals surface area contributed by atoms with Gasteiger partial charge in [-0.25, -0.2) is 0 Å². The van der Waals surface area contributed by atoms with Gasteiger partial charge < -0.3 is 9.84 Å². The van der Waals surface area contributed by atoms with E-state index in [1.54, 1.807) is 0 Å². The average molecular weight is 241 g/mol. The molecule has 0 aromatic rings. The van der Waals surface area contributed by atoms with Crippen LogP contribution >= 0.6 is 0 Å². The molecular weight excluding hydrogens is 222 g/mol. The topological polar surface area (TPSA) is 76.8 Å². The van der Waals surface area contributed by atoms with Crippen LogP contribution < -0.4 is 0 Å². The van der Waals surface area contributed by atoms with Crippen molar-refractivity contribution in [2.75, 3.05) is 52.5 Å². The second-order valence-corrected chi connectivity index (χ2v) is 4.03. The van der Waals surface area contributed by atoms with Crippen LogP contribution in [0.15, 0.2) is 0 Å². The Balaban J connectivity index is 2.22. The van der Waals surface area contributed by atoms with Crippen molar-refractivity contribution in [3.63, 3.8) is 0 Å². The highest BCUT2D eigenvalue weighted by Crippen LogP contribution is 1.98. The summed E-state index contributed by atoms with van der Waals surface area (Å²) >= 11 is 0. The van der Waals surface area contributed by atoms with Gasteiger partial charge in [-0.05, 0) is 0 Å². The van der Waals surface area contributed by atoms with E-state index < -0.39 is 5.97 Å². The molecule has 6 nitrogen and oxygen atoms in total. The van der Waals surface area contributed by atoms with Gasteiger partial charge in [0.2, 0.25) is 0 Å². The summed E-state index contributed by atoms with van der Waals surface area (Å²) in [7, 11) is 0. The molecule has 0 bridgehead atoms. The molecule has 0 aromatic carbocycles. The van der Waals surface area contributed by atoms with E-state index in [4.69, 9.17) is 15.1 Å². The SMILES string of the molecule is N#CCN(CCC(=O)O)CCN1CCOCC1. The van der Waals surface area contributed by atoms with Crippen LogP contribution in [-0.4, -0.2) is 73.4 Å². The second-order valence-electron chi connectivity index (χ2n) is 4.03. The van der Waals surface area contributed by atoms with Crippen LogP contribution in [0.1, 0.15) is 6.42 Å². The highest BCUT2D eigenvalue weighted by Gasteiger charge is 2.12. The molecule has 6 heteroatoms. The number of carboxylic acids is 1. The normalized spacial score (nSPS) is 16.9. The molecule has 1 N–H and O–H groups in total. The van der Waals surface area contributed by atoms with Crippen LogP contribution in [0.2, 0.25) is 0 Å². The van der Waals surface area contributed by atoms with Crippen LogP contribution in [0.4, 0.5) is 0 Å². The van der Waals surface area contributed by atoms with E-state index in [2.05, 4.69) is 11.0 Å². The molecule has 96 valence electrons. The van der Waals surface area contributed by atoms with Gasteiger partial charge in [-0.2, -0.15) is 5.26 Å². The molecule has 0 aliphatic carbocycles. The number of morpholine rings is 1. The monoisotopic (exact) mass is 241 g/mol. The standard InChI is InChI=1S/C11H19N3O3/c12-2-4-13(3-1-11(15)16)5-6-14-7-9-17-10-8-14/h1,3-10H2,(H,15,16). The highest BCUT2D eigenvalue weighted by atomic mass is 16.5. The Morgan fingerprint density at radius 1 is 1.41 bits per heavy atom. The van der Waals surface area contributed by atoms with Crippen molar-refractivity contribution < 1.29 is 14.6 Å². The lowest BCUT2D eigenvalue weighted by Gasteiger charge is -2.28. The molecule has 0 amide bonds. The third-order valence-corrected chi connectivity index (χ3v) is 2.77. The minimum atomic E-state index is -0.820. The summed E-state index contributed by atoms with van der Waals surface area (Å²) in [6, 6.07) is 2.07. The lowest BCUT2D eigenvalue weighted by Crippen LogP contribution is -2.42. The Kier molecular flexibility index (Phi) is 6.55. The first-order valence-corrected chi connectivity index (χ1v) is 5.83. The van der Waals surface area contributed by atoms with Crippen molar-refractivity contribution in [1.29, 1.82) is 5.26 Å². The summed E-state index contributed by atoms with van der Waals surface area (Å²) in [6.45, 7) is 5.68. The molecule has 0 unspecified atom stereocenters. The van der Waals surface area contributed by atoms with Crippen LogP contribution in [0.25, 0.3) is 0 Å². The molecule has 1 aliphatic rings. The third-order valence-electron chi connectivity index (χ3n) is 2.77. The fourth-order valence-electron chi connectivity index (χ4n) is 1.73. The summed E-state index contributed by atoms with van der Waals surface area (Å²) in [5.74, 6) is -0.820. The minimum absolute atomic E-state index is 0.0881. The van der Waals surface area contributed by atoms with Crippen molar-refractivity contribution in [2.24, 2.45) is 0 Å². The fourth-order valence-corrected chi connectivity index (χ4v) is 1.73. The number of nitrogens with zero attached hydrogens (tertiary/aromatic N) is 3. The zero-order chi connectivity index (χ0) is 12.5. The predicted molar refractivity (Wildman–Crippen MR) is 61.6 cm³/mol. The maximum absolute atomic E-state index is 10.5. The predicted octanol–water partition coefficient (Wildman–Crippen LogP) is -0.381. The molecule has 1 rings (SSSR count). The first-order valence-electron chi connectivity index (χ1n) is 5.83. The van der Waals surface area contributed by atoms with E-state index >= 15 is 0 Å². The Morgan fingerprint density at radius 3 is 2.71 bits per heavy atom. The Bertz CT molecular complexity index is 272. The number of rotatable bonds is 7. The van der Waals surface area contributed by atoms with Crippen LogP contribution in [0.5, 0.6) is 0 Å². The van der Waals surface area contributed by atoms with E-state index in [1.807, 2.05) is 4.90 Å². The average Bonchev–Trinajstić information content (AvgIpc) is 2.34. The lowest BCUT2D eigenvalue weighted by molar-refractivity contribution is -0.137. The molecule has 0 radical (unpaired) electrons. The largest absolute Gasteiger partial charge is 0.481 e. The van der Waals surface area contributed by atoms with Crippen molar-refractivity contribution >= 4 is 5.97 Å². The van der Waals surface area contributed by atoms with Crippen LogP contribution in [0, 0.1) is 11.3 Å². The van der Waals surface area contributed by atoms with Crippen LogP contribution in [0.3, 0.4) is 0 Å². The van der Waals surface area contributed by atoms with E-state index in [1.165, 1.54) is 0 Å². The van der Waals surface area contributed by atoms with Crippen molar-refractivity contribution in [3.05, 3.63) is 0 Å². The first-order chi connectivity index (χ1) is 8.22. The van der Waals surface area contributed by atoms with Gasteiger partial charge in [0.15, 0.2) is 0 Å². The van der Waals surface area contributed by atoms with Gasteiger partial charge in [0.05, 0.1) is 32.2 Å². The number of aliphatic carboxylic acids is 1. The molecule has 0 spiro atoms. The zero-order valence-corrected chi connectivity index (χ0v) is 9.97. The number of ether oxygens (including phenoxy) is 1. The number of nitriles is 1. The zero-order valence-electron chi connectivity index (χ0n) is 9.97. The molecular formula is C11H19N3O3. The van der Waals surface area contributed by atoms with E-state index in [0.29, 0.717) is 6.54 Å². The van der Waals surface area contributed by atoms with Gasteiger partial charge in [0.1, 0.15) is 0 Å². The molecule has 0 saturated carbocycles. The molecule has 1 aliphatic heterocycles.